The summed E-state index contributed by atoms with van der Waals surface area (Å²) in [6.07, 6.45) is 6.83. The van der Waals surface area contributed by atoms with Crippen LogP contribution < -0.4 is 10.5 Å². The Morgan fingerprint density at radius 3 is 2.93 bits per heavy atom. The lowest BCUT2D eigenvalue weighted by atomic mass is 10.2. The van der Waals surface area contributed by atoms with Crippen molar-refractivity contribution in [2.24, 2.45) is 13.0 Å². The number of nitrogens with zero attached hydrogens (tertiary/aromatic N) is 8. The highest BCUT2D eigenvalue weighted by Crippen LogP contribution is 2.56. The summed E-state index contributed by atoms with van der Waals surface area (Å²) >= 11 is 5.99. The molecule has 11 heteroatoms. The smallest absolute Gasteiger partial charge is 0.280 e. The van der Waals surface area contributed by atoms with Gasteiger partial charge in [-0.1, -0.05) is 16.8 Å². The van der Waals surface area contributed by atoms with E-state index in [0.29, 0.717) is 34.0 Å². The molecule has 0 amide bonds. The number of anilines is 1. The van der Waals surface area contributed by atoms with E-state index >= 15 is 0 Å². The molecular formula is C19H15ClN8O2. The predicted molar refractivity (Wildman–Crippen MR) is 107 cm³/mol. The highest BCUT2D eigenvalue weighted by molar-refractivity contribution is 6.29. The molecule has 1 saturated carbocycles. The molecule has 1 aliphatic carbocycles. The van der Waals surface area contributed by atoms with E-state index in [2.05, 4.69) is 36.2 Å². The lowest BCUT2D eigenvalue weighted by Crippen LogP contribution is -2.22. The number of aryl methyl sites for hydroxylation is 1. The lowest BCUT2D eigenvalue weighted by molar-refractivity contribution is 0.364. The third kappa shape index (κ3) is 2.64. The van der Waals surface area contributed by atoms with Gasteiger partial charge in [-0.05, 0) is 17.7 Å². The van der Waals surface area contributed by atoms with Crippen LogP contribution in [0.5, 0.6) is 0 Å². The fourth-order valence-electron chi connectivity index (χ4n) is 4.04. The molecule has 5 heterocycles. The zero-order valence-electron chi connectivity index (χ0n) is 15.8. The Bertz CT molecular complexity index is 1390. The van der Waals surface area contributed by atoms with E-state index in [4.69, 9.17) is 16.1 Å². The maximum Gasteiger partial charge on any atom is 0.280 e. The first-order valence-electron chi connectivity index (χ1n) is 9.37. The van der Waals surface area contributed by atoms with Gasteiger partial charge >= 0.3 is 0 Å². The second kappa shape index (κ2) is 6.23. The maximum atomic E-state index is 12.7. The van der Waals surface area contributed by atoms with Gasteiger partial charge in [0.1, 0.15) is 18.0 Å². The van der Waals surface area contributed by atoms with Crippen molar-refractivity contribution in [3.8, 4) is 0 Å². The van der Waals surface area contributed by atoms with Gasteiger partial charge in [0.2, 0.25) is 5.89 Å². The van der Waals surface area contributed by atoms with Gasteiger partial charge in [0.15, 0.2) is 17.0 Å². The molecule has 0 aromatic carbocycles. The van der Waals surface area contributed by atoms with Crippen LogP contribution in [0.1, 0.15) is 17.6 Å². The van der Waals surface area contributed by atoms with Crippen LogP contribution in [0, 0.1) is 5.92 Å². The van der Waals surface area contributed by atoms with Gasteiger partial charge in [-0.3, -0.25) is 9.36 Å². The van der Waals surface area contributed by atoms with Crippen molar-refractivity contribution in [3.05, 3.63) is 70.0 Å². The lowest BCUT2D eigenvalue weighted by Gasteiger charge is -2.17. The molecule has 150 valence electrons. The molecule has 30 heavy (non-hydrogen) atoms. The minimum Gasteiger partial charge on any atom is -0.347 e. The number of rotatable bonds is 4. The average molecular weight is 423 g/mol. The minimum atomic E-state index is -0.197. The molecule has 2 aliphatic rings. The van der Waals surface area contributed by atoms with Crippen LogP contribution in [0.15, 0.2) is 52.1 Å². The van der Waals surface area contributed by atoms with Gasteiger partial charge < -0.3 is 14.0 Å². The Labute approximate surface area is 174 Å². The summed E-state index contributed by atoms with van der Waals surface area (Å²) in [4.78, 5) is 31.7. The van der Waals surface area contributed by atoms with Crippen LogP contribution >= 0.6 is 11.6 Å². The summed E-state index contributed by atoms with van der Waals surface area (Å²) in [6, 6.07) is 3.77. The summed E-state index contributed by atoms with van der Waals surface area (Å²) in [7, 11) is 1.76. The van der Waals surface area contributed by atoms with E-state index in [0.717, 1.165) is 12.2 Å². The van der Waals surface area contributed by atoms with Crippen molar-refractivity contribution >= 4 is 28.5 Å². The van der Waals surface area contributed by atoms with Gasteiger partial charge in [-0.25, -0.2) is 15.0 Å². The predicted octanol–water partition coefficient (Wildman–Crippen LogP) is 1.73. The highest BCUT2D eigenvalue weighted by Gasteiger charge is 2.52. The van der Waals surface area contributed by atoms with Gasteiger partial charge in [-0.15, -0.1) is 0 Å². The fraction of sp³-hybridized carbons (Fsp3) is 0.263. The van der Waals surface area contributed by atoms with E-state index in [-0.39, 0.29) is 18.0 Å². The van der Waals surface area contributed by atoms with Crippen LogP contribution in [0.3, 0.4) is 0 Å². The Hall–Kier alpha value is -3.53. The van der Waals surface area contributed by atoms with Crippen molar-refractivity contribution in [3.63, 3.8) is 0 Å². The van der Waals surface area contributed by atoms with E-state index in [1.54, 1.807) is 24.1 Å². The van der Waals surface area contributed by atoms with E-state index in [1.165, 1.54) is 16.5 Å². The molecule has 0 N–H and O–H groups in total. The quantitative estimate of drug-likeness (QED) is 0.457. The largest absolute Gasteiger partial charge is 0.347 e. The van der Waals surface area contributed by atoms with Crippen molar-refractivity contribution in [2.45, 2.75) is 12.5 Å². The summed E-state index contributed by atoms with van der Waals surface area (Å²) in [5, 5.41) is 4.61. The first-order valence-corrected chi connectivity index (χ1v) is 9.75. The number of hydrogen-bond acceptors (Lipinski definition) is 8. The maximum absolute atomic E-state index is 12.7. The van der Waals surface area contributed by atoms with Crippen LogP contribution in [0.2, 0.25) is 5.15 Å². The Kier molecular flexibility index (Phi) is 3.60. The summed E-state index contributed by atoms with van der Waals surface area (Å²) in [6.45, 7) is 1.00. The minimum absolute atomic E-state index is 0.158. The zero-order chi connectivity index (χ0) is 20.4. The third-order valence-electron chi connectivity index (χ3n) is 5.59. The molecule has 0 saturated heterocycles. The fourth-order valence-corrected chi connectivity index (χ4v) is 4.21. The molecule has 1 fully saturated rings. The number of pyridine rings is 1. The van der Waals surface area contributed by atoms with Crippen molar-refractivity contribution < 1.29 is 4.52 Å². The van der Waals surface area contributed by atoms with Gasteiger partial charge in [0.25, 0.3) is 5.56 Å². The normalized spacial score (nSPS) is 19.9. The molecule has 6 rings (SSSR count). The van der Waals surface area contributed by atoms with Crippen LogP contribution in [0.4, 0.5) is 5.69 Å². The summed E-state index contributed by atoms with van der Waals surface area (Å²) in [5.41, 5.74) is 2.95. The Morgan fingerprint density at radius 2 is 2.13 bits per heavy atom. The molecule has 0 spiro atoms. The molecular weight excluding hydrogens is 408 g/mol. The first-order chi connectivity index (χ1) is 14.6. The van der Waals surface area contributed by atoms with Crippen molar-refractivity contribution in [1.82, 2.24) is 34.2 Å². The first kappa shape index (κ1) is 17.3. The van der Waals surface area contributed by atoms with Crippen molar-refractivity contribution in [1.29, 1.82) is 0 Å². The summed E-state index contributed by atoms with van der Waals surface area (Å²) in [5.74, 6) is 1.54. The topological polar surface area (TPSA) is 108 Å². The molecule has 4 aromatic heterocycles. The Morgan fingerprint density at radius 1 is 1.27 bits per heavy atom. The second-order valence-corrected chi connectivity index (χ2v) is 7.84. The van der Waals surface area contributed by atoms with Crippen LogP contribution in [-0.4, -0.2) is 40.8 Å². The average Bonchev–Trinajstić information content (AvgIpc) is 3.16. The van der Waals surface area contributed by atoms with Crippen molar-refractivity contribution in [2.75, 3.05) is 11.4 Å². The summed E-state index contributed by atoms with van der Waals surface area (Å²) < 4.78 is 8.50. The molecule has 4 aromatic rings. The zero-order valence-corrected chi connectivity index (χ0v) is 16.6. The van der Waals surface area contributed by atoms with Gasteiger partial charge in [0, 0.05) is 37.6 Å². The van der Waals surface area contributed by atoms with E-state index < -0.39 is 0 Å². The third-order valence-corrected chi connectivity index (χ3v) is 5.80. The molecule has 2 atom stereocenters. The number of halogens is 1. The number of fused-ring (bicyclic) bond motifs is 2. The van der Waals surface area contributed by atoms with Gasteiger partial charge in [-0.2, -0.15) is 4.98 Å². The molecule has 1 aliphatic heterocycles. The highest BCUT2D eigenvalue weighted by atomic mass is 35.5. The number of hydrogen-bond donors (Lipinski definition) is 0. The number of imidazole rings is 1. The number of aromatic nitrogens is 7. The van der Waals surface area contributed by atoms with Crippen LogP contribution in [0.25, 0.3) is 11.2 Å². The standard InChI is InChI=1S/C19H15ClN8O2/c1-26-8-22-18-16(26)19(29)28(9-23-18)7-14-24-17(25-30-14)15-11-5-27(6-12(11)15)10-2-3-21-13(20)4-10/h2-5,8-9,12,15H,6-7H2,1H3/t12-,15-/m1/s1. The second-order valence-electron chi connectivity index (χ2n) is 7.45. The van der Waals surface area contributed by atoms with E-state index in [9.17, 15) is 4.79 Å². The van der Waals surface area contributed by atoms with Crippen LogP contribution in [-0.2, 0) is 13.6 Å². The molecule has 0 bridgehead atoms. The molecule has 10 nitrogen and oxygen atoms in total. The SMILES string of the molecule is Cn1cnc2ncn(Cc3nc([C@@H]4C5=CN(c6ccnc(Cl)c6)C[C@H]54)no3)c(=O)c21. The molecule has 0 radical (unpaired) electrons. The monoisotopic (exact) mass is 422 g/mol. The Balaban J connectivity index is 1.21. The molecule has 0 unspecified atom stereocenters. The van der Waals surface area contributed by atoms with Gasteiger partial charge in [0.05, 0.1) is 12.2 Å². The van der Waals surface area contributed by atoms with E-state index in [1.807, 2.05) is 12.1 Å².